The zero-order valence-electron chi connectivity index (χ0n) is 11.8. The summed E-state index contributed by atoms with van der Waals surface area (Å²) in [7, 11) is 0. The Kier molecular flexibility index (Phi) is 2.50. The molecule has 5 nitrogen and oxygen atoms in total. The van der Waals surface area contributed by atoms with E-state index in [9.17, 15) is 4.79 Å². The van der Waals surface area contributed by atoms with Gasteiger partial charge in [0.15, 0.2) is 0 Å². The van der Waals surface area contributed by atoms with E-state index in [2.05, 4.69) is 21.4 Å². The van der Waals surface area contributed by atoms with E-state index < -0.39 is 11.7 Å². The minimum atomic E-state index is -0.481. The molecule has 0 spiro atoms. The van der Waals surface area contributed by atoms with Crippen molar-refractivity contribution in [2.75, 3.05) is 17.0 Å². The number of rotatable bonds is 1. The molecule has 2 aliphatic heterocycles. The van der Waals surface area contributed by atoms with Crippen molar-refractivity contribution < 1.29 is 9.53 Å². The second kappa shape index (κ2) is 3.87. The lowest BCUT2D eigenvalue weighted by molar-refractivity contribution is 0.0636. The van der Waals surface area contributed by atoms with E-state index in [1.165, 1.54) is 11.3 Å². The van der Waals surface area contributed by atoms with Crippen molar-refractivity contribution in [3.05, 3.63) is 23.3 Å². The predicted octanol–water partition coefficient (Wildman–Crippen LogP) is 2.85. The average Bonchev–Trinajstić information content (AvgIpc) is 2.92. The molecule has 1 saturated heterocycles. The molecule has 0 saturated carbocycles. The van der Waals surface area contributed by atoms with Gasteiger partial charge < -0.3 is 4.74 Å². The van der Waals surface area contributed by atoms with Gasteiger partial charge in [-0.1, -0.05) is 6.07 Å². The summed E-state index contributed by atoms with van der Waals surface area (Å²) in [5.74, 6) is 0. The molecule has 0 aliphatic carbocycles. The molecule has 19 heavy (non-hydrogen) atoms. The number of carbonyl (C=O) groups excluding carboxylic acids is 1. The maximum atomic E-state index is 11.8. The molecule has 5 heteroatoms. The minimum absolute atomic E-state index is 0.406. The number of hydrogen-bond donors (Lipinski definition) is 1. The first kappa shape index (κ1) is 12.3. The quantitative estimate of drug-likeness (QED) is 0.789. The smallest absolute Gasteiger partial charge is 0.412 e. The highest BCUT2D eigenvalue weighted by atomic mass is 16.6. The van der Waals surface area contributed by atoms with Crippen LogP contribution in [0.2, 0.25) is 0 Å². The van der Waals surface area contributed by atoms with Gasteiger partial charge in [-0.05, 0) is 44.9 Å². The van der Waals surface area contributed by atoms with Crippen molar-refractivity contribution in [1.82, 2.24) is 5.01 Å². The van der Waals surface area contributed by atoms with Crippen molar-refractivity contribution in [1.29, 1.82) is 0 Å². The Morgan fingerprint density at radius 2 is 2.11 bits per heavy atom. The second-order valence-electron chi connectivity index (χ2n) is 6.13. The topological polar surface area (TPSA) is 44.3 Å². The van der Waals surface area contributed by atoms with E-state index in [-0.39, 0.29) is 0 Å². The first-order valence-electron chi connectivity index (χ1n) is 6.49. The molecule has 1 aromatic rings. The zero-order chi connectivity index (χ0) is 13.8. The van der Waals surface area contributed by atoms with Gasteiger partial charge >= 0.3 is 6.09 Å². The van der Waals surface area contributed by atoms with Gasteiger partial charge in [0.2, 0.25) is 0 Å². The van der Waals surface area contributed by atoms with Crippen molar-refractivity contribution in [3.63, 3.8) is 0 Å². The third kappa shape index (κ3) is 2.38. The fourth-order valence-corrected chi connectivity index (χ4v) is 2.36. The molecule has 1 unspecified atom stereocenters. The summed E-state index contributed by atoms with van der Waals surface area (Å²) >= 11 is 0. The van der Waals surface area contributed by atoms with Crippen LogP contribution in [0.25, 0.3) is 0 Å². The van der Waals surface area contributed by atoms with E-state index in [0.29, 0.717) is 0 Å². The summed E-state index contributed by atoms with van der Waals surface area (Å²) in [4.78, 5) is 11.8. The van der Waals surface area contributed by atoms with Crippen LogP contribution in [0.5, 0.6) is 0 Å². The van der Waals surface area contributed by atoms with Gasteiger partial charge in [-0.25, -0.2) is 4.79 Å². The first-order chi connectivity index (χ1) is 8.83. The van der Waals surface area contributed by atoms with Crippen LogP contribution >= 0.6 is 0 Å². The number of hydrazine groups is 1. The normalized spacial score (nSPS) is 19.8. The number of carbonyl (C=O) groups is 1. The van der Waals surface area contributed by atoms with Gasteiger partial charge in [-0.15, -0.1) is 0 Å². The van der Waals surface area contributed by atoms with Gasteiger partial charge in [-0.3, -0.25) is 10.3 Å². The van der Waals surface area contributed by atoms with Crippen LogP contribution in [0.15, 0.2) is 12.1 Å². The Hall–Kier alpha value is -1.75. The maximum absolute atomic E-state index is 11.8. The number of benzene rings is 1. The molecule has 2 heterocycles. The SMILES string of the molecule is Cc1cc2c(cc1NC(=O)OC(C)(C)C)N1CN1C2. The predicted molar refractivity (Wildman–Crippen MR) is 73.9 cm³/mol. The third-order valence-corrected chi connectivity index (χ3v) is 3.25. The van der Waals surface area contributed by atoms with E-state index >= 15 is 0 Å². The molecule has 1 amide bonds. The van der Waals surface area contributed by atoms with Crippen LogP contribution in [-0.4, -0.2) is 23.4 Å². The molecule has 2 aliphatic rings. The van der Waals surface area contributed by atoms with Gasteiger partial charge in [0, 0.05) is 12.2 Å². The molecule has 1 fully saturated rings. The number of amides is 1. The van der Waals surface area contributed by atoms with Crippen molar-refractivity contribution in [3.8, 4) is 0 Å². The van der Waals surface area contributed by atoms with Crippen LogP contribution in [-0.2, 0) is 11.3 Å². The molecule has 3 rings (SSSR count). The van der Waals surface area contributed by atoms with Crippen molar-refractivity contribution in [2.24, 2.45) is 0 Å². The van der Waals surface area contributed by atoms with E-state index in [1.807, 2.05) is 33.8 Å². The first-order valence-corrected chi connectivity index (χ1v) is 6.49. The molecule has 1 aromatic carbocycles. The van der Waals surface area contributed by atoms with Crippen LogP contribution in [0.1, 0.15) is 31.9 Å². The Morgan fingerprint density at radius 3 is 2.79 bits per heavy atom. The summed E-state index contributed by atoms with van der Waals surface area (Å²) in [6.45, 7) is 9.54. The minimum Gasteiger partial charge on any atom is -0.444 e. The number of hydrogen-bond acceptors (Lipinski definition) is 4. The number of nitrogens with one attached hydrogen (secondary N) is 1. The second-order valence-corrected chi connectivity index (χ2v) is 6.13. The van der Waals surface area contributed by atoms with Crippen molar-refractivity contribution >= 4 is 17.5 Å². The van der Waals surface area contributed by atoms with E-state index in [4.69, 9.17) is 4.74 Å². The largest absolute Gasteiger partial charge is 0.444 e. The van der Waals surface area contributed by atoms with Crippen LogP contribution in [0.4, 0.5) is 16.2 Å². The molecular formula is C14H19N3O2. The van der Waals surface area contributed by atoms with Gasteiger partial charge in [0.25, 0.3) is 0 Å². The summed E-state index contributed by atoms with van der Waals surface area (Å²) in [6, 6.07) is 4.16. The van der Waals surface area contributed by atoms with Crippen LogP contribution in [0, 0.1) is 6.92 Å². The lowest BCUT2D eigenvalue weighted by Gasteiger charge is -2.20. The highest BCUT2D eigenvalue weighted by molar-refractivity contribution is 5.87. The summed E-state index contributed by atoms with van der Waals surface area (Å²) in [5, 5.41) is 7.28. The lowest BCUT2D eigenvalue weighted by Crippen LogP contribution is -2.27. The number of fused-ring (bicyclic) bond motifs is 3. The Balaban J connectivity index is 1.78. The van der Waals surface area contributed by atoms with Crippen LogP contribution in [0.3, 0.4) is 0 Å². The molecule has 0 bridgehead atoms. The summed E-state index contributed by atoms with van der Waals surface area (Å²) in [5.41, 5.74) is 3.91. The standard InChI is InChI=1S/C14H19N3O2/c1-9-5-10-7-16-8-17(16)12(10)6-11(9)15-13(18)19-14(2,3)4/h5-6H,7-8H2,1-4H3,(H,15,18). The molecule has 1 atom stereocenters. The third-order valence-electron chi connectivity index (χ3n) is 3.25. The number of ether oxygens (including phenoxy) is 1. The highest BCUT2D eigenvalue weighted by Crippen LogP contribution is 2.41. The van der Waals surface area contributed by atoms with Gasteiger partial charge in [0.1, 0.15) is 12.3 Å². The summed E-state index contributed by atoms with van der Waals surface area (Å²) in [6.07, 6.45) is -0.406. The highest BCUT2D eigenvalue weighted by Gasteiger charge is 2.39. The maximum Gasteiger partial charge on any atom is 0.412 e. The van der Waals surface area contributed by atoms with E-state index in [1.54, 1.807) is 0 Å². The molecule has 0 aromatic heterocycles. The van der Waals surface area contributed by atoms with Crippen molar-refractivity contribution in [2.45, 2.75) is 39.8 Å². The Morgan fingerprint density at radius 1 is 1.37 bits per heavy atom. The zero-order valence-corrected chi connectivity index (χ0v) is 11.8. The fraction of sp³-hybridized carbons (Fsp3) is 0.500. The molecular weight excluding hydrogens is 242 g/mol. The molecule has 0 radical (unpaired) electrons. The fourth-order valence-electron chi connectivity index (χ4n) is 2.36. The van der Waals surface area contributed by atoms with E-state index in [0.717, 1.165) is 24.5 Å². The number of aryl methyl sites for hydroxylation is 1. The average molecular weight is 261 g/mol. The summed E-state index contributed by atoms with van der Waals surface area (Å²) < 4.78 is 5.28. The molecule has 1 N–H and O–H groups in total. The number of nitrogens with zero attached hydrogens (tertiary/aromatic N) is 2. The molecule has 102 valence electrons. The Labute approximate surface area is 113 Å². The lowest BCUT2D eigenvalue weighted by atomic mass is 10.1. The van der Waals surface area contributed by atoms with Gasteiger partial charge in [-0.2, -0.15) is 5.01 Å². The van der Waals surface area contributed by atoms with Crippen LogP contribution < -0.4 is 10.3 Å². The number of anilines is 2. The Bertz CT molecular complexity index is 548. The van der Waals surface area contributed by atoms with Gasteiger partial charge in [0.05, 0.1) is 5.69 Å². The monoisotopic (exact) mass is 261 g/mol.